The molecule has 0 radical (unpaired) electrons. The van der Waals surface area contributed by atoms with Crippen LogP contribution in [-0.4, -0.2) is 47.9 Å². The molecule has 162 valence electrons. The molecular formula is C23H28N6OS. The van der Waals surface area contributed by atoms with E-state index >= 15 is 0 Å². The zero-order chi connectivity index (χ0) is 22.2. The Balaban J connectivity index is 1.66. The number of hydrogen-bond acceptors (Lipinski definition) is 7. The summed E-state index contributed by atoms with van der Waals surface area (Å²) in [7, 11) is 4.08. The number of benzene rings is 1. The maximum Gasteiger partial charge on any atom is 0.257 e. The van der Waals surface area contributed by atoms with Gasteiger partial charge in [0.1, 0.15) is 0 Å². The molecule has 3 aromatic rings. The first-order valence-electron chi connectivity index (χ1n) is 9.91. The normalized spacial score (nSPS) is 10.7. The van der Waals surface area contributed by atoms with Gasteiger partial charge in [-0.05, 0) is 49.8 Å². The van der Waals surface area contributed by atoms with E-state index in [9.17, 15) is 4.79 Å². The summed E-state index contributed by atoms with van der Waals surface area (Å²) in [5, 5.41) is 10.2. The quantitative estimate of drug-likeness (QED) is 0.418. The van der Waals surface area contributed by atoms with Crippen LogP contribution >= 0.6 is 11.3 Å². The van der Waals surface area contributed by atoms with Crippen LogP contribution in [0.1, 0.15) is 16.1 Å². The second-order valence-electron chi connectivity index (χ2n) is 7.39. The van der Waals surface area contributed by atoms with Crippen LogP contribution in [0.15, 0.2) is 71.8 Å². The van der Waals surface area contributed by atoms with Gasteiger partial charge >= 0.3 is 0 Å². The van der Waals surface area contributed by atoms with Crippen LogP contribution in [0.5, 0.6) is 0 Å². The first kappa shape index (κ1) is 22.3. The summed E-state index contributed by atoms with van der Waals surface area (Å²) in [5.74, 6) is 0.563. The summed E-state index contributed by atoms with van der Waals surface area (Å²) in [6.45, 7) is 6.45. The number of para-hydroxylation sites is 2. The number of nitrogens with zero attached hydrogens (tertiary/aromatic N) is 3. The number of thiophene rings is 1. The van der Waals surface area contributed by atoms with Crippen LogP contribution in [0.25, 0.3) is 0 Å². The number of carbonyl (C=O) groups is 1. The molecule has 2 aromatic heterocycles. The van der Waals surface area contributed by atoms with Crippen LogP contribution in [0.2, 0.25) is 0 Å². The number of nitrogen functional groups attached to an aromatic ring is 1. The van der Waals surface area contributed by atoms with Crippen LogP contribution in [0.3, 0.4) is 0 Å². The van der Waals surface area contributed by atoms with Crippen molar-refractivity contribution < 1.29 is 4.79 Å². The van der Waals surface area contributed by atoms with Crippen molar-refractivity contribution in [2.75, 3.05) is 43.6 Å². The Morgan fingerprint density at radius 3 is 2.58 bits per heavy atom. The lowest BCUT2D eigenvalue weighted by Gasteiger charge is -2.28. The molecule has 0 aliphatic rings. The molecule has 0 spiro atoms. The lowest BCUT2D eigenvalue weighted by atomic mass is 10.2. The van der Waals surface area contributed by atoms with E-state index in [1.807, 2.05) is 49.1 Å². The number of aromatic nitrogens is 1. The fraction of sp³-hybridized carbons (Fsp3) is 0.217. The predicted molar refractivity (Wildman–Crippen MR) is 129 cm³/mol. The highest BCUT2D eigenvalue weighted by Gasteiger charge is 2.13. The van der Waals surface area contributed by atoms with Gasteiger partial charge in [0.2, 0.25) is 0 Å². The molecule has 7 nitrogen and oxygen atoms in total. The highest BCUT2D eigenvalue weighted by molar-refractivity contribution is 7.08. The van der Waals surface area contributed by atoms with E-state index in [0.717, 1.165) is 30.3 Å². The molecule has 0 fully saturated rings. The Bertz CT molecular complexity index is 1000. The van der Waals surface area contributed by atoms with E-state index in [1.165, 1.54) is 0 Å². The molecule has 1 aromatic carbocycles. The zero-order valence-electron chi connectivity index (χ0n) is 17.8. The second-order valence-corrected chi connectivity index (χ2v) is 8.17. The maximum atomic E-state index is 12.5. The summed E-state index contributed by atoms with van der Waals surface area (Å²) < 4.78 is 0. The van der Waals surface area contributed by atoms with Crippen LogP contribution < -0.4 is 16.4 Å². The minimum Gasteiger partial charge on any atom is -0.397 e. The summed E-state index contributed by atoms with van der Waals surface area (Å²) in [6.07, 6.45) is 1.59. The smallest absolute Gasteiger partial charge is 0.257 e. The summed E-state index contributed by atoms with van der Waals surface area (Å²) in [4.78, 5) is 21.3. The van der Waals surface area contributed by atoms with E-state index in [4.69, 9.17) is 5.73 Å². The Morgan fingerprint density at radius 2 is 1.94 bits per heavy atom. The average molecular weight is 437 g/mol. The number of pyridine rings is 1. The van der Waals surface area contributed by atoms with Crippen molar-refractivity contribution in [3.05, 3.63) is 83.1 Å². The molecule has 0 unspecified atom stereocenters. The standard InChI is InChI=1S/C23H28N6OS/c1-17(26-20-10-13-31-16-20)29(12-11-28(2)3)15-19-9-8-18(14-25-19)23(30)27-22-7-5-4-6-21(22)24/h4-10,13-14,16,26H,1,11-12,15,24H2,2-3H3,(H,27,30). The Labute approximate surface area is 187 Å². The van der Waals surface area contributed by atoms with Gasteiger partial charge in [-0.1, -0.05) is 18.7 Å². The molecule has 0 aliphatic heterocycles. The molecular weight excluding hydrogens is 408 g/mol. The SMILES string of the molecule is C=C(Nc1ccsc1)N(CCN(C)C)Cc1ccc(C(=O)Nc2ccccc2N)cn1. The van der Waals surface area contributed by atoms with Gasteiger partial charge in [0, 0.05) is 24.7 Å². The topological polar surface area (TPSA) is 86.5 Å². The number of anilines is 3. The highest BCUT2D eigenvalue weighted by atomic mass is 32.1. The Morgan fingerprint density at radius 1 is 1.13 bits per heavy atom. The van der Waals surface area contributed by atoms with Crippen LogP contribution in [-0.2, 0) is 6.54 Å². The second kappa shape index (κ2) is 10.6. The molecule has 0 aliphatic carbocycles. The van der Waals surface area contributed by atoms with Crippen molar-refractivity contribution >= 4 is 34.3 Å². The molecule has 1 amide bonds. The number of likely N-dealkylation sites (N-methyl/N-ethyl adjacent to an activating group) is 1. The predicted octanol–water partition coefficient (Wildman–Crippen LogP) is 3.92. The number of carbonyl (C=O) groups excluding carboxylic acids is 1. The lowest BCUT2D eigenvalue weighted by Crippen LogP contribution is -2.33. The van der Waals surface area contributed by atoms with Gasteiger partial charge in [0.05, 0.1) is 40.7 Å². The number of nitrogens with two attached hydrogens (primary N) is 1. The average Bonchev–Trinajstić information content (AvgIpc) is 3.26. The number of amides is 1. The van der Waals surface area contributed by atoms with Gasteiger partial charge in [-0.2, -0.15) is 11.3 Å². The number of nitrogens with one attached hydrogen (secondary N) is 2. The molecule has 2 heterocycles. The van der Waals surface area contributed by atoms with Gasteiger partial charge in [0.15, 0.2) is 0 Å². The van der Waals surface area contributed by atoms with Gasteiger partial charge in [-0.15, -0.1) is 0 Å². The Kier molecular flexibility index (Phi) is 7.64. The van der Waals surface area contributed by atoms with Gasteiger partial charge < -0.3 is 26.2 Å². The zero-order valence-corrected chi connectivity index (χ0v) is 18.7. The van der Waals surface area contributed by atoms with E-state index in [1.54, 1.807) is 35.7 Å². The third-order valence-electron chi connectivity index (χ3n) is 4.66. The molecule has 0 bridgehead atoms. The monoisotopic (exact) mass is 436 g/mol. The van der Waals surface area contributed by atoms with E-state index in [-0.39, 0.29) is 5.91 Å². The summed E-state index contributed by atoms with van der Waals surface area (Å²) in [6, 6.07) is 12.8. The van der Waals surface area contributed by atoms with Crippen molar-refractivity contribution in [1.29, 1.82) is 0 Å². The van der Waals surface area contributed by atoms with Crippen LogP contribution in [0.4, 0.5) is 17.1 Å². The number of rotatable bonds is 10. The first-order chi connectivity index (χ1) is 14.9. The molecule has 0 saturated heterocycles. The molecule has 0 saturated carbocycles. The third-order valence-corrected chi connectivity index (χ3v) is 5.34. The summed E-state index contributed by atoms with van der Waals surface area (Å²) in [5.41, 5.74) is 9.35. The third kappa shape index (κ3) is 6.56. The highest BCUT2D eigenvalue weighted by Crippen LogP contribution is 2.19. The van der Waals surface area contributed by atoms with E-state index in [0.29, 0.717) is 23.5 Å². The van der Waals surface area contributed by atoms with E-state index in [2.05, 4.69) is 32.0 Å². The largest absolute Gasteiger partial charge is 0.397 e. The molecule has 8 heteroatoms. The van der Waals surface area contributed by atoms with Crippen molar-refractivity contribution in [2.45, 2.75) is 6.54 Å². The minimum absolute atomic E-state index is 0.245. The van der Waals surface area contributed by atoms with Crippen molar-refractivity contribution in [1.82, 2.24) is 14.8 Å². The number of hydrogen-bond donors (Lipinski definition) is 3. The van der Waals surface area contributed by atoms with Gasteiger partial charge in [-0.25, -0.2) is 0 Å². The van der Waals surface area contributed by atoms with E-state index < -0.39 is 0 Å². The van der Waals surface area contributed by atoms with Crippen LogP contribution in [0, 0.1) is 0 Å². The first-order valence-corrected chi connectivity index (χ1v) is 10.9. The minimum atomic E-state index is -0.245. The molecule has 3 rings (SSSR count). The van der Waals surface area contributed by atoms with Crippen molar-refractivity contribution in [2.24, 2.45) is 0 Å². The van der Waals surface area contributed by atoms with Gasteiger partial charge in [0.25, 0.3) is 5.91 Å². The van der Waals surface area contributed by atoms with Crippen molar-refractivity contribution in [3.63, 3.8) is 0 Å². The fourth-order valence-corrected chi connectivity index (χ4v) is 3.45. The fourth-order valence-electron chi connectivity index (χ4n) is 2.86. The maximum absolute atomic E-state index is 12.5. The van der Waals surface area contributed by atoms with Gasteiger partial charge in [-0.3, -0.25) is 9.78 Å². The molecule has 4 N–H and O–H groups in total. The van der Waals surface area contributed by atoms with Crippen molar-refractivity contribution in [3.8, 4) is 0 Å². The Hall–Kier alpha value is -3.36. The molecule has 0 atom stereocenters. The lowest BCUT2D eigenvalue weighted by molar-refractivity contribution is 0.102. The summed E-state index contributed by atoms with van der Waals surface area (Å²) >= 11 is 1.63. The molecule has 31 heavy (non-hydrogen) atoms.